The molecule has 0 saturated carbocycles. The maximum atomic E-state index is 13.9. The minimum absolute atomic E-state index is 0.0356. The zero-order valence-corrected chi connectivity index (χ0v) is 19.1. The molecule has 1 unspecified atom stereocenters. The Balaban J connectivity index is 1.62. The van der Waals surface area contributed by atoms with E-state index in [4.69, 9.17) is 5.73 Å². The Kier molecular flexibility index (Phi) is 5.09. The van der Waals surface area contributed by atoms with E-state index in [2.05, 4.69) is 9.97 Å². The molecule has 3 N–H and O–H groups in total. The Morgan fingerprint density at radius 3 is 2.70 bits per heavy atom. The molecule has 0 aliphatic carbocycles. The van der Waals surface area contributed by atoms with Gasteiger partial charge in [0.2, 0.25) is 0 Å². The third kappa shape index (κ3) is 3.73. The van der Waals surface area contributed by atoms with Gasteiger partial charge in [-0.2, -0.15) is 13.2 Å². The van der Waals surface area contributed by atoms with E-state index in [9.17, 15) is 27.5 Å². The Bertz CT molecular complexity index is 1720. The molecule has 0 radical (unpaired) electrons. The number of aryl methyl sites for hydroxylation is 1. The van der Waals surface area contributed by atoms with Gasteiger partial charge in [0.25, 0.3) is 5.91 Å². The second kappa shape index (κ2) is 8.13. The van der Waals surface area contributed by atoms with Crippen LogP contribution in [-0.2, 0) is 19.3 Å². The van der Waals surface area contributed by atoms with Crippen molar-refractivity contribution in [1.29, 1.82) is 0 Å². The summed E-state index contributed by atoms with van der Waals surface area (Å²) in [6.07, 6.45) is -3.29. The molecule has 7 nitrogen and oxygen atoms in total. The highest BCUT2D eigenvalue weighted by atomic mass is 19.4. The molecule has 0 spiro atoms. The Morgan fingerprint density at radius 1 is 1.16 bits per heavy atom. The minimum atomic E-state index is -4.62. The number of benzene rings is 2. The van der Waals surface area contributed by atoms with Gasteiger partial charge in [-0.25, -0.2) is 14.4 Å². The number of carbonyl (C=O) groups excluding carboxylic acids is 1. The van der Waals surface area contributed by atoms with Crippen molar-refractivity contribution in [3.05, 3.63) is 83.2 Å². The van der Waals surface area contributed by atoms with E-state index in [1.165, 1.54) is 35.0 Å². The molecule has 1 atom stereocenters. The van der Waals surface area contributed by atoms with Gasteiger partial charge in [0.05, 0.1) is 11.1 Å². The highest BCUT2D eigenvalue weighted by Crippen LogP contribution is 2.40. The molecule has 1 amide bonds. The lowest BCUT2D eigenvalue weighted by Crippen LogP contribution is -2.18. The lowest BCUT2D eigenvalue weighted by molar-refractivity contribution is -0.137. The molecule has 2 aromatic carbocycles. The number of nitrogens with zero attached hydrogens (tertiary/aromatic N) is 4. The number of alkyl halides is 3. The van der Waals surface area contributed by atoms with Gasteiger partial charge in [0.15, 0.2) is 5.65 Å². The number of primary amides is 1. The summed E-state index contributed by atoms with van der Waals surface area (Å²) in [4.78, 5) is 21.8. The normalized spacial score (nSPS) is 15.5. The van der Waals surface area contributed by atoms with Crippen molar-refractivity contribution in [3.8, 4) is 11.1 Å². The van der Waals surface area contributed by atoms with E-state index < -0.39 is 29.6 Å². The number of aromatic nitrogens is 4. The fraction of sp³-hybridized carbons (Fsp3) is 0.192. The molecular formula is C26H19F4N5O2. The quantitative estimate of drug-likeness (QED) is 0.340. The van der Waals surface area contributed by atoms with Crippen LogP contribution in [0, 0.1) is 5.82 Å². The van der Waals surface area contributed by atoms with Crippen molar-refractivity contribution < 1.29 is 27.5 Å². The molecule has 4 heterocycles. The summed E-state index contributed by atoms with van der Waals surface area (Å²) in [7, 11) is 0. The molecule has 0 saturated heterocycles. The van der Waals surface area contributed by atoms with Crippen molar-refractivity contribution in [2.45, 2.75) is 31.8 Å². The van der Waals surface area contributed by atoms with Crippen LogP contribution in [0.1, 0.15) is 40.0 Å². The maximum absolute atomic E-state index is 13.9. The predicted octanol–water partition coefficient (Wildman–Crippen LogP) is 4.80. The van der Waals surface area contributed by atoms with E-state index in [0.717, 1.165) is 12.1 Å². The highest BCUT2D eigenvalue weighted by molar-refractivity contribution is 6.10. The van der Waals surface area contributed by atoms with Crippen LogP contribution in [0.4, 0.5) is 17.6 Å². The van der Waals surface area contributed by atoms with Crippen molar-refractivity contribution in [3.63, 3.8) is 0 Å². The Hall–Kier alpha value is -4.25. The van der Waals surface area contributed by atoms with Crippen LogP contribution < -0.4 is 5.73 Å². The van der Waals surface area contributed by atoms with Gasteiger partial charge >= 0.3 is 6.18 Å². The van der Waals surface area contributed by atoms with Crippen LogP contribution in [0.2, 0.25) is 0 Å². The molecule has 0 bridgehead atoms. The molecule has 5 aromatic rings. The number of pyridine rings is 1. The standard InChI is InChI=1S/C26H19F4N5O2/c27-16-3-1-2-13(8-16)12-35-19-10-15(26(28,29)30)4-5-17(19)21(22(35)23(31)37)14-9-18-24(32-11-14)34-7-6-20(36)25(34)33-18/h1-5,8-11,20,36H,6-7,12H2,(H2,31,37). The average molecular weight is 509 g/mol. The number of fused-ring (bicyclic) bond motifs is 4. The summed E-state index contributed by atoms with van der Waals surface area (Å²) >= 11 is 0. The summed E-state index contributed by atoms with van der Waals surface area (Å²) in [6, 6.07) is 10.4. The first-order valence-corrected chi connectivity index (χ1v) is 11.4. The zero-order chi connectivity index (χ0) is 26.1. The molecule has 3 aromatic heterocycles. The summed E-state index contributed by atoms with van der Waals surface area (Å²) in [5.74, 6) is -0.896. The number of imidazole rings is 1. The lowest BCUT2D eigenvalue weighted by Gasteiger charge is -2.11. The van der Waals surface area contributed by atoms with Crippen LogP contribution >= 0.6 is 0 Å². The number of nitrogens with two attached hydrogens (primary N) is 1. The van der Waals surface area contributed by atoms with E-state index in [1.807, 2.05) is 4.57 Å². The fourth-order valence-electron chi connectivity index (χ4n) is 5.08. The van der Waals surface area contributed by atoms with Crippen LogP contribution in [0.25, 0.3) is 33.2 Å². The molecule has 1 aliphatic heterocycles. The minimum Gasteiger partial charge on any atom is -0.385 e. The molecule has 6 rings (SSSR count). The van der Waals surface area contributed by atoms with E-state index in [0.29, 0.717) is 52.0 Å². The Morgan fingerprint density at radius 2 is 1.97 bits per heavy atom. The first kappa shape index (κ1) is 23.2. The maximum Gasteiger partial charge on any atom is 0.416 e. The lowest BCUT2D eigenvalue weighted by atomic mass is 10.0. The van der Waals surface area contributed by atoms with Gasteiger partial charge in [-0.05, 0) is 42.3 Å². The third-order valence-corrected chi connectivity index (χ3v) is 6.68. The summed E-state index contributed by atoms with van der Waals surface area (Å²) in [6.45, 7) is 0.466. The second-order valence-corrected chi connectivity index (χ2v) is 9.03. The molecule has 11 heteroatoms. The molecule has 37 heavy (non-hydrogen) atoms. The van der Waals surface area contributed by atoms with Crippen LogP contribution in [0.5, 0.6) is 0 Å². The van der Waals surface area contributed by atoms with Gasteiger partial charge in [0, 0.05) is 35.8 Å². The number of aliphatic hydroxyl groups excluding tert-OH is 1. The first-order chi connectivity index (χ1) is 17.6. The second-order valence-electron chi connectivity index (χ2n) is 9.03. The molecular weight excluding hydrogens is 490 g/mol. The number of amides is 1. The third-order valence-electron chi connectivity index (χ3n) is 6.68. The topological polar surface area (TPSA) is 99.0 Å². The van der Waals surface area contributed by atoms with Crippen molar-refractivity contribution in [1.82, 2.24) is 19.1 Å². The van der Waals surface area contributed by atoms with Crippen LogP contribution in [0.3, 0.4) is 0 Å². The average Bonchev–Trinajstić information content (AvgIpc) is 3.49. The van der Waals surface area contributed by atoms with Gasteiger partial charge in [-0.3, -0.25) is 4.79 Å². The van der Waals surface area contributed by atoms with Gasteiger partial charge in [-0.1, -0.05) is 18.2 Å². The highest BCUT2D eigenvalue weighted by Gasteiger charge is 2.33. The monoisotopic (exact) mass is 509 g/mol. The van der Waals surface area contributed by atoms with E-state index >= 15 is 0 Å². The largest absolute Gasteiger partial charge is 0.416 e. The number of carbonyl (C=O) groups is 1. The smallest absolute Gasteiger partial charge is 0.385 e. The zero-order valence-electron chi connectivity index (χ0n) is 19.1. The number of halogens is 4. The number of hydrogen-bond acceptors (Lipinski definition) is 4. The van der Waals surface area contributed by atoms with Crippen molar-refractivity contribution in [2.24, 2.45) is 5.73 Å². The van der Waals surface area contributed by atoms with Gasteiger partial charge in [-0.15, -0.1) is 0 Å². The van der Waals surface area contributed by atoms with Gasteiger partial charge < -0.3 is 20.0 Å². The number of rotatable bonds is 4. The van der Waals surface area contributed by atoms with Crippen LogP contribution in [0.15, 0.2) is 54.7 Å². The molecule has 188 valence electrons. The number of hydrogen-bond donors (Lipinski definition) is 2. The van der Waals surface area contributed by atoms with Crippen molar-refractivity contribution >= 4 is 28.0 Å². The predicted molar refractivity (Wildman–Crippen MR) is 127 cm³/mol. The Labute approximate surface area is 206 Å². The summed E-state index contributed by atoms with van der Waals surface area (Å²) in [5.41, 5.74) is 7.17. The van der Waals surface area contributed by atoms with E-state index in [-0.39, 0.29) is 17.8 Å². The first-order valence-electron chi connectivity index (χ1n) is 11.4. The van der Waals surface area contributed by atoms with Crippen LogP contribution in [-0.4, -0.2) is 30.1 Å². The summed E-state index contributed by atoms with van der Waals surface area (Å²) < 4.78 is 57.9. The number of aliphatic hydroxyl groups is 1. The fourth-order valence-corrected chi connectivity index (χ4v) is 5.08. The van der Waals surface area contributed by atoms with E-state index in [1.54, 1.807) is 12.1 Å². The van der Waals surface area contributed by atoms with Gasteiger partial charge in [0.1, 0.15) is 29.0 Å². The molecule has 1 aliphatic rings. The SMILES string of the molecule is NC(=O)c1c(-c2cnc3c(c2)nc2n3CCC2O)c2ccc(C(F)(F)F)cc2n1Cc1cccc(F)c1. The molecule has 0 fully saturated rings. The van der Waals surface area contributed by atoms with Crippen molar-refractivity contribution in [2.75, 3.05) is 0 Å². The summed E-state index contributed by atoms with van der Waals surface area (Å²) in [5, 5.41) is 10.5.